The number of nitrogens with one attached hydrogen (secondary N) is 2. The third-order valence-corrected chi connectivity index (χ3v) is 2.11. The molecule has 0 aromatic heterocycles. The van der Waals surface area contributed by atoms with Crippen molar-refractivity contribution in [1.82, 2.24) is 10.6 Å². The normalized spacial score (nSPS) is 9.71. The van der Waals surface area contributed by atoms with Crippen LogP contribution >= 0.6 is 0 Å². The minimum absolute atomic E-state index is 0.0645. The first-order chi connectivity index (χ1) is 8.00. The van der Waals surface area contributed by atoms with Crippen molar-refractivity contribution in [3.05, 3.63) is 29.3 Å². The van der Waals surface area contributed by atoms with Crippen molar-refractivity contribution in [1.29, 1.82) is 0 Å². The molecule has 0 unspecified atom stereocenters. The number of aryl methyl sites for hydroxylation is 1. The number of phenolic OH excluding ortho intramolecular Hbond substituents is 1. The number of rotatable bonds is 4. The first-order valence-corrected chi connectivity index (χ1v) is 5.12. The van der Waals surface area contributed by atoms with Crippen LogP contribution in [0.2, 0.25) is 0 Å². The lowest BCUT2D eigenvalue weighted by Crippen LogP contribution is -2.37. The Labute approximate surface area is 98.8 Å². The molecule has 92 valence electrons. The van der Waals surface area contributed by atoms with Gasteiger partial charge in [0.15, 0.2) is 0 Å². The molecule has 1 aromatic rings. The number of aromatic hydroxyl groups is 1. The number of amides is 3. The van der Waals surface area contributed by atoms with Crippen molar-refractivity contribution in [2.45, 2.75) is 6.92 Å². The van der Waals surface area contributed by atoms with Crippen LogP contribution in [0.15, 0.2) is 18.2 Å². The lowest BCUT2D eigenvalue weighted by Gasteiger charge is -2.07. The zero-order valence-electron chi connectivity index (χ0n) is 9.49. The van der Waals surface area contributed by atoms with E-state index in [1.54, 1.807) is 12.1 Å². The molecule has 0 heterocycles. The Morgan fingerprint density at radius 2 is 1.94 bits per heavy atom. The Balaban J connectivity index is 2.50. The SMILES string of the molecule is Cc1ccc(C(=O)NCCNC(N)=O)c(O)c1. The molecule has 0 spiro atoms. The number of primary amides is 1. The van der Waals surface area contributed by atoms with Gasteiger partial charge in [-0.05, 0) is 24.6 Å². The average molecular weight is 237 g/mol. The molecular weight excluding hydrogens is 222 g/mol. The second-order valence-electron chi connectivity index (χ2n) is 3.57. The molecular formula is C11H15N3O3. The largest absolute Gasteiger partial charge is 0.507 e. The van der Waals surface area contributed by atoms with Gasteiger partial charge in [0.1, 0.15) is 5.75 Å². The summed E-state index contributed by atoms with van der Waals surface area (Å²) in [5, 5.41) is 14.4. The van der Waals surface area contributed by atoms with E-state index in [0.717, 1.165) is 5.56 Å². The maximum atomic E-state index is 11.6. The highest BCUT2D eigenvalue weighted by atomic mass is 16.3. The topological polar surface area (TPSA) is 104 Å². The summed E-state index contributed by atoms with van der Waals surface area (Å²) in [6, 6.07) is 4.14. The third kappa shape index (κ3) is 4.02. The molecule has 17 heavy (non-hydrogen) atoms. The van der Waals surface area contributed by atoms with Gasteiger partial charge in [-0.15, -0.1) is 0 Å². The van der Waals surface area contributed by atoms with Crippen LogP contribution in [0.5, 0.6) is 5.75 Å². The van der Waals surface area contributed by atoms with Gasteiger partial charge >= 0.3 is 6.03 Å². The predicted octanol–water partition coefficient (Wildman–Crippen LogP) is 0.0987. The monoisotopic (exact) mass is 237 g/mol. The van der Waals surface area contributed by atoms with Crippen LogP contribution in [0.4, 0.5) is 4.79 Å². The fourth-order valence-corrected chi connectivity index (χ4v) is 1.29. The first-order valence-electron chi connectivity index (χ1n) is 5.12. The van der Waals surface area contributed by atoms with Crippen LogP contribution in [0.3, 0.4) is 0 Å². The number of phenols is 1. The van der Waals surface area contributed by atoms with Crippen LogP contribution in [-0.2, 0) is 0 Å². The molecule has 3 amide bonds. The highest BCUT2D eigenvalue weighted by Gasteiger charge is 2.09. The van der Waals surface area contributed by atoms with Gasteiger partial charge in [-0.25, -0.2) is 4.79 Å². The van der Waals surface area contributed by atoms with Gasteiger partial charge in [0.25, 0.3) is 5.91 Å². The van der Waals surface area contributed by atoms with Gasteiger partial charge in [-0.2, -0.15) is 0 Å². The summed E-state index contributed by atoms with van der Waals surface area (Å²) in [6.07, 6.45) is 0. The molecule has 0 radical (unpaired) electrons. The summed E-state index contributed by atoms with van der Waals surface area (Å²) in [5.74, 6) is -0.459. The molecule has 1 aromatic carbocycles. The summed E-state index contributed by atoms with van der Waals surface area (Å²) < 4.78 is 0. The molecule has 6 heteroatoms. The lowest BCUT2D eigenvalue weighted by molar-refractivity contribution is 0.0951. The van der Waals surface area contributed by atoms with Crippen molar-refractivity contribution < 1.29 is 14.7 Å². The first kappa shape index (κ1) is 12.8. The van der Waals surface area contributed by atoms with E-state index in [9.17, 15) is 14.7 Å². The van der Waals surface area contributed by atoms with E-state index in [-0.39, 0.29) is 24.4 Å². The minimum Gasteiger partial charge on any atom is -0.507 e. The Morgan fingerprint density at radius 1 is 1.29 bits per heavy atom. The maximum Gasteiger partial charge on any atom is 0.312 e. The number of benzene rings is 1. The molecule has 0 atom stereocenters. The van der Waals surface area contributed by atoms with Crippen molar-refractivity contribution >= 4 is 11.9 Å². The zero-order chi connectivity index (χ0) is 12.8. The van der Waals surface area contributed by atoms with Crippen molar-refractivity contribution in [3.63, 3.8) is 0 Å². The number of hydrogen-bond donors (Lipinski definition) is 4. The molecule has 0 bridgehead atoms. The maximum absolute atomic E-state index is 11.6. The molecule has 0 aliphatic rings. The van der Waals surface area contributed by atoms with E-state index < -0.39 is 11.9 Å². The second kappa shape index (κ2) is 5.74. The van der Waals surface area contributed by atoms with Gasteiger partial charge < -0.3 is 21.5 Å². The average Bonchev–Trinajstić information content (AvgIpc) is 2.23. The van der Waals surface area contributed by atoms with E-state index in [1.165, 1.54) is 6.07 Å². The van der Waals surface area contributed by atoms with E-state index >= 15 is 0 Å². The Kier molecular flexibility index (Phi) is 4.33. The minimum atomic E-state index is -0.641. The fraction of sp³-hybridized carbons (Fsp3) is 0.273. The highest BCUT2D eigenvalue weighted by Crippen LogP contribution is 2.17. The smallest absolute Gasteiger partial charge is 0.312 e. The molecule has 1 rings (SSSR count). The summed E-state index contributed by atoms with van der Waals surface area (Å²) >= 11 is 0. The fourth-order valence-electron chi connectivity index (χ4n) is 1.29. The number of urea groups is 1. The lowest BCUT2D eigenvalue weighted by atomic mass is 10.1. The highest BCUT2D eigenvalue weighted by molar-refractivity contribution is 5.96. The van der Waals surface area contributed by atoms with Crippen LogP contribution < -0.4 is 16.4 Å². The second-order valence-corrected chi connectivity index (χ2v) is 3.57. The molecule has 0 saturated carbocycles. The number of nitrogens with two attached hydrogens (primary N) is 1. The molecule has 0 aliphatic heterocycles. The quantitative estimate of drug-likeness (QED) is 0.558. The molecule has 0 saturated heterocycles. The van der Waals surface area contributed by atoms with Gasteiger partial charge in [-0.3, -0.25) is 4.79 Å². The van der Waals surface area contributed by atoms with Gasteiger partial charge in [0.2, 0.25) is 0 Å². The Morgan fingerprint density at radius 3 is 2.53 bits per heavy atom. The number of hydrogen-bond acceptors (Lipinski definition) is 3. The summed E-state index contributed by atoms with van der Waals surface area (Å²) in [6.45, 7) is 2.31. The van der Waals surface area contributed by atoms with Crippen LogP contribution in [-0.4, -0.2) is 30.1 Å². The van der Waals surface area contributed by atoms with E-state index in [0.29, 0.717) is 0 Å². The predicted molar refractivity (Wildman–Crippen MR) is 62.8 cm³/mol. The van der Waals surface area contributed by atoms with Gasteiger partial charge in [-0.1, -0.05) is 6.07 Å². The Bertz CT molecular complexity index is 432. The molecule has 5 N–H and O–H groups in total. The van der Waals surface area contributed by atoms with Crippen molar-refractivity contribution in [2.75, 3.05) is 13.1 Å². The van der Waals surface area contributed by atoms with E-state index in [2.05, 4.69) is 10.6 Å². The summed E-state index contributed by atoms with van der Waals surface area (Å²) in [4.78, 5) is 22.0. The standard InChI is InChI=1S/C11H15N3O3/c1-7-2-3-8(9(15)6-7)10(16)13-4-5-14-11(12)17/h2-3,6,15H,4-5H2,1H3,(H,13,16)(H3,12,14,17). The molecule has 0 fully saturated rings. The summed E-state index contributed by atoms with van der Waals surface area (Å²) in [5.41, 5.74) is 5.93. The van der Waals surface area contributed by atoms with Crippen molar-refractivity contribution in [2.24, 2.45) is 5.73 Å². The van der Waals surface area contributed by atoms with E-state index in [4.69, 9.17) is 5.73 Å². The number of carbonyl (C=O) groups is 2. The van der Waals surface area contributed by atoms with Crippen molar-refractivity contribution in [3.8, 4) is 5.75 Å². The molecule has 6 nitrogen and oxygen atoms in total. The summed E-state index contributed by atoms with van der Waals surface area (Å²) in [7, 11) is 0. The van der Waals surface area contributed by atoms with Crippen LogP contribution in [0, 0.1) is 6.92 Å². The molecule has 0 aliphatic carbocycles. The zero-order valence-corrected chi connectivity index (χ0v) is 9.49. The van der Waals surface area contributed by atoms with Gasteiger partial charge in [0, 0.05) is 13.1 Å². The van der Waals surface area contributed by atoms with Crippen LogP contribution in [0.25, 0.3) is 0 Å². The number of carbonyl (C=O) groups excluding carboxylic acids is 2. The van der Waals surface area contributed by atoms with E-state index in [1.807, 2.05) is 6.92 Å². The Hall–Kier alpha value is -2.24. The van der Waals surface area contributed by atoms with Crippen LogP contribution in [0.1, 0.15) is 15.9 Å². The van der Waals surface area contributed by atoms with Gasteiger partial charge in [0.05, 0.1) is 5.56 Å². The third-order valence-electron chi connectivity index (χ3n) is 2.11.